The van der Waals surface area contributed by atoms with Crippen molar-refractivity contribution in [2.45, 2.75) is 38.6 Å². The summed E-state index contributed by atoms with van der Waals surface area (Å²) in [4.78, 5) is 13.4. The summed E-state index contributed by atoms with van der Waals surface area (Å²) < 4.78 is 1.97. The van der Waals surface area contributed by atoms with E-state index in [1.807, 2.05) is 16.7 Å². The monoisotopic (exact) mass is 272 g/mol. The molecule has 3 heterocycles. The summed E-state index contributed by atoms with van der Waals surface area (Å²) >= 11 is 0. The molecule has 1 saturated heterocycles. The number of fused-ring (bicyclic) bond motifs is 1. The van der Waals surface area contributed by atoms with Crippen LogP contribution in [0.2, 0.25) is 0 Å². The maximum Gasteiger partial charge on any atom is 0.160 e. The number of pyridine rings is 1. The van der Waals surface area contributed by atoms with E-state index in [1.54, 1.807) is 6.07 Å². The van der Waals surface area contributed by atoms with Gasteiger partial charge in [-0.05, 0) is 51.9 Å². The lowest BCUT2D eigenvalue weighted by atomic mass is 9.95. The van der Waals surface area contributed by atoms with Crippen LogP contribution in [0.5, 0.6) is 0 Å². The molecule has 2 aromatic heterocycles. The zero-order valence-electron chi connectivity index (χ0n) is 12.0. The van der Waals surface area contributed by atoms with Crippen molar-refractivity contribution in [2.24, 2.45) is 0 Å². The van der Waals surface area contributed by atoms with Crippen molar-refractivity contribution in [3.63, 3.8) is 0 Å². The number of aromatic nitrogens is 3. The van der Waals surface area contributed by atoms with Gasteiger partial charge in [0.25, 0.3) is 0 Å². The standard InChI is InChI=1S/C15H20N4O/c1-11(2)18-7-5-13(6-8-18)15-17-16-14-4-3-12(10-20)9-19(14)15/h3-4,9-11,13H,5-8H2,1-2H3. The van der Waals surface area contributed by atoms with E-state index in [-0.39, 0.29) is 0 Å². The Balaban J connectivity index is 1.86. The lowest BCUT2D eigenvalue weighted by molar-refractivity contribution is 0.112. The van der Waals surface area contributed by atoms with Gasteiger partial charge < -0.3 is 4.90 Å². The van der Waals surface area contributed by atoms with Gasteiger partial charge in [-0.15, -0.1) is 10.2 Å². The molecule has 1 fully saturated rings. The molecule has 5 nitrogen and oxygen atoms in total. The molecule has 1 aliphatic rings. The van der Waals surface area contributed by atoms with Crippen molar-refractivity contribution in [1.82, 2.24) is 19.5 Å². The molecule has 0 unspecified atom stereocenters. The molecule has 0 radical (unpaired) electrons. The fraction of sp³-hybridized carbons (Fsp3) is 0.533. The largest absolute Gasteiger partial charge is 0.301 e. The minimum atomic E-state index is 0.432. The van der Waals surface area contributed by atoms with Crippen molar-refractivity contribution in [3.05, 3.63) is 29.7 Å². The summed E-state index contributed by atoms with van der Waals surface area (Å²) in [6.07, 6.45) is 4.91. The predicted molar refractivity (Wildman–Crippen MR) is 77.1 cm³/mol. The van der Waals surface area contributed by atoms with E-state index in [0.29, 0.717) is 17.5 Å². The zero-order valence-corrected chi connectivity index (χ0v) is 12.0. The van der Waals surface area contributed by atoms with Gasteiger partial charge in [0.05, 0.1) is 0 Å². The van der Waals surface area contributed by atoms with Crippen LogP contribution >= 0.6 is 0 Å². The molecule has 0 spiro atoms. The second-order valence-corrected chi connectivity index (χ2v) is 5.77. The van der Waals surface area contributed by atoms with Crippen LogP contribution in [0.25, 0.3) is 5.65 Å². The van der Waals surface area contributed by atoms with Gasteiger partial charge in [0.15, 0.2) is 11.9 Å². The Morgan fingerprint density at radius 2 is 2.00 bits per heavy atom. The lowest BCUT2D eigenvalue weighted by Crippen LogP contribution is -2.38. The highest BCUT2D eigenvalue weighted by molar-refractivity contribution is 5.74. The second-order valence-electron chi connectivity index (χ2n) is 5.77. The Morgan fingerprint density at radius 1 is 1.25 bits per heavy atom. The van der Waals surface area contributed by atoms with E-state index in [1.165, 1.54) is 0 Å². The highest BCUT2D eigenvalue weighted by Crippen LogP contribution is 2.27. The molecule has 2 aromatic rings. The molecule has 106 valence electrons. The number of likely N-dealkylation sites (tertiary alicyclic amines) is 1. The first-order valence-electron chi connectivity index (χ1n) is 7.23. The highest BCUT2D eigenvalue weighted by Gasteiger charge is 2.25. The number of nitrogens with zero attached hydrogens (tertiary/aromatic N) is 4. The molecule has 1 aliphatic heterocycles. The summed E-state index contributed by atoms with van der Waals surface area (Å²) in [6.45, 7) is 6.68. The Kier molecular flexibility index (Phi) is 3.53. The third-order valence-electron chi connectivity index (χ3n) is 4.21. The van der Waals surface area contributed by atoms with Crippen LogP contribution in [0, 0.1) is 0 Å². The number of hydrogen-bond donors (Lipinski definition) is 0. The number of rotatable bonds is 3. The van der Waals surface area contributed by atoms with Crippen LogP contribution in [0.4, 0.5) is 0 Å². The fourth-order valence-electron chi connectivity index (χ4n) is 2.95. The van der Waals surface area contributed by atoms with Crippen molar-refractivity contribution in [2.75, 3.05) is 13.1 Å². The van der Waals surface area contributed by atoms with Crippen LogP contribution in [0.3, 0.4) is 0 Å². The zero-order chi connectivity index (χ0) is 14.1. The first kappa shape index (κ1) is 13.2. The first-order valence-corrected chi connectivity index (χ1v) is 7.23. The molecule has 5 heteroatoms. The summed E-state index contributed by atoms with van der Waals surface area (Å²) in [6, 6.07) is 4.24. The smallest absolute Gasteiger partial charge is 0.160 e. The minimum absolute atomic E-state index is 0.432. The predicted octanol–water partition coefficient (Wildman–Crippen LogP) is 2.13. The number of aldehydes is 1. The van der Waals surface area contributed by atoms with E-state index in [0.717, 1.165) is 43.7 Å². The van der Waals surface area contributed by atoms with Gasteiger partial charge in [-0.2, -0.15) is 0 Å². The number of carbonyl (C=O) groups excluding carboxylic acids is 1. The maximum absolute atomic E-state index is 10.9. The summed E-state index contributed by atoms with van der Waals surface area (Å²) in [7, 11) is 0. The molecular weight excluding hydrogens is 252 g/mol. The van der Waals surface area contributed by atoms with Crippen molar-refractivity contribution >= 4 is 11.9 Å². The molecule has 0 bridgehead atoms. The lowest BCUT2D eigenvalue weighted by Gasteiger charge is -2.33. The molecule has 0 atom stereocenters. The SMILES string of the molecule is CC(C)N1CCC(c2nnc3ccc(C=O)cn23)CC1. The first-order chi connectivity index (χ1) is 9.69. The van der Waals surface area contributed by atoms with Crippen molar-refractivity contribution < 1.29 is 4.79 Å². The number of carbonyl (C=O) groups is 1. The Morgan fingerprint density at radius 3 is 2.65 bits per heavy atom. The molecular formula is C15H20N4O. The van der Waals surface area contributed by atoms with Gasteiger partial charge in [-0.25, -0.2) is 0 Å². The van der Waals surface area contributed by atoms with E-state index >= 15 is 0 Å². The van der Waals surface area contributed by atoms with Gasteiger partial charge in [-0.3, -0.25) is 9.20 Å². The molecule has 3 rings (SSSR count). The van der Waals surface area contributed by atoms with E-state index < -0.39 is 0 Å². The number of piperidine rings is 1. The van der Waals surface area contributed by atoms with Crippen molar-refractivity contribution in [3.8, 4) is 0 Å². The average Bonchev–Trinajstić information content (AvgIpc) is 2.90. The second kappa shape index (κ2) is 5.32. The molecule has 0 amide bonds. The molecule has 0 aromatic carbocycles. The molecule has 0 N–H and O–H groups in total. The van der Waals surface area contributed by atoms with Crippen molar-refractivity contribution in [1.29, 1.82) is 0 Å². The fourth-order valence-corrected chi connectivity index (χ4v) is 2.95. The average molecular weight is 272 g/mol. The van der Waals surface area contributed by atoms with Gasteiger partial charge in [0.2, 0.25) is 0 Å². The van der Waals surface area contributed by atoms with Crippen LogP contribution in [0.1, 0.15) is 48.8 Å². The van der Waals surface area contributed by atoms with E-state index in [2.05, 4.69) is 28.9 Å². The summed E-state index contributed by atoms with van der Waals surface area (Å²) in [5.41, 5.74) is 1.48. The van der Waals surface area contributed by atoms with Crippen LogP contribution in [-0.2, 0) is 0 Å². The topological polar surface area (TPSA) is 50.5 Å². The molecule has 0 saturated carbocycles. The Bertz CT molecular complexity index is 611. The molecule has 0 aliphatic carbocycles. The highest BCUT2D eigenvalue weighted by atomic mass is 16.1. The minimum Gasteiger partial charge on any atom is -0.301 e. The third-order valence-corrected chi connectivity index (χ3v) is 4.21. The summed E-state index contributed by atoms with van der Waals surface area (Å²) in [5.74, 6) is 1.43. The molecule has 20 heavy (non-hydrogen) atoms. The van der Waals surface area contributed by atoms with Gasteiger partial charge in [0, 0.05) is 23.7 Å². The normalized spacial score (nSPS) is 17.9. The van der Waals surface area contributed by atoms with Gasteiger partial charge in [-0.1, -0.05) is 0 Å². The Labute approximate surface area is 118 Å². The Hall–Kier alpha value is -1.75. The van der Waals surface area contributed by atoms with E-state index in [9.17, 15) is 4.79 Å². The van der Waals surface area contributed by atoms with Crippen LogP contribution in [0.15, 0.2) is 18.3 Å². The van der Waals surface area contributed by atoms with Crippen LogP contribution in [-0.4, -0.2) is 44.9 Å². The van der Waals surface area contributed by atoms with E-state index in [4.69, 9.17) is 0 Å². The maximum atomic E-state index is 10.9. The number of hydrogen-bond acceptors (Lipinski definition) is 4. The third kappa shape index (κ3) is 2.33. The quantitative estimate of drug-likeness (QED) is 0.803. The van der Waals surface area contributed by atoms with Gasteiger partial charge in [0.1, 0.15) is 5.82 Å². The van der Waals surface area contributed by atoms with Gasteiger partial charge >= 0.3 is 0 Å². The van der Waals surface area contributed by atoms with Crippen LogP contribution < -0.4 is 0 Å². The summed E-state index contributed by atoms with van der Waals surface area (Å²) in [5, 5.41) is 8.55.